The van der Waals surface area contributed by atoms with Gasteiger partial charge >= 0.3 is 0 Å². The Hall–Kier alpha value is -2.69. The van der Waals surface area contributed by atoms with E-state index < -0.39 is 0 Å². The average Bonchev–Trinajstić information content (AvgIpc) is 3.30. The quantitative estimate of drug-likeness (QED) is 0.778. The fraction of sp³-hybridized carbons (Fsp3) is 0.350. The second-order valence-electron chi connectivity index (χ2n) is 7.29. The van der Waals surface area contributed by atoms with Crippen molar-refractivity contribution in [2.24, 2.45) is 5.41 Å². The second-order valence-corrected chi connectivity index (χ2v) is 7.29. The van der Waals surface area contributed by atoms with Crippen LogP contribution in [0.5, 0.6) is 0 Å². The van der Waals surface area contributed by atoms with Crippen molar-refractivity contribution in [2.45, 2.75) is 31.7 Å². The number of imidazole rings is 1. The van der Waals surface area contributed by atoms with Gasteiger partial charge in [0.1, 0.15) is 5.69 Å². The third-order valence-corrected chi connectivity index (χ3v) is 5.85. The Bertz CT molecular complexity index is 927. The van der Waals surface area contributed by atoms with Crippen LogP contribution in [0.3, 0.4) is 0 Å². The third kappa shape index (κ3) is 2.18. The minimum absolute atomic E-state index is 0.0104. The van der Waals surface area contributed by atoms with E-state index in [9.17, 15) is 4.79 Å². The van der Waals surface area contributed by atoms with Crippen LogP contribution in [0.1, 0.15) is 47.8 Å². The Kier molecular flexibility index (Phi) is 3.17. The van der Waals surface area contributed by atoms with E-state index in [-0.39, 0.29) is 17.4 Å². The lowest BCUT2D eigenvalue weighted by atomic mass is 9.67. The smallest absolute Gasteiger partial charge is 0.273 e. The van der Waals surface area contributed by atoms with Gasteiger partial charge in [-0.3, -0.25) is 4.79 Å². The summed E-state index contributed by atoms with van der Waals surface area (Å²) in [5.74, 6) is 0.0104. The molecule has 25 heavy (non-hydrogen) atoms. The maximum absolute atomic E-state index is 13.1. The molecule has 3 aromatic rings. The number of aromatic nitrogens is 3. The molecule has 1 unspecified atom stereocenters. The van der Waals surface area contributed by atoms with Crippen molar-refractivity contribution >= 4 is 17.1 Å². The number of fused-ring (bicyclic) bond motifs is 1. The molecule has 2 aromatic heterocycles. The molecule has 0 bridgehead atoms. The van der Waals surface area contributed by atoms with E-state index in [1.54, 1.807) is 12.4 Å². The van der Waals surface area contributed by atoms with Gasteiger partial charge < -0.3 is 9.88 Å². The van der Waals surface area contributed by atoms with Crippen LogP contribution in [0.4, 0.5) is 0 Å². The van der Waals surface area contributed by atoms with Gasteiger partial charge in [0.2, 0.25) is 0 Å². The molecule has 1 aliphatic carbocycles. The molecule has 1 spiro atoms. The van der Waals surface area contributed by atoms with Crippen molar-refractivity contribution < 1.29 is 4.79 Å². The van der Waals surface area contributed by atoms with E-state index in [1.165, 1.54) is 31.2 Å². The molecule has 1 saturated carbocycles. The van der Waals surface area contributed by atoms with Crippen LogP contribution in [-0.4, -0.2) is 32.3 Å². The summed E-state index contributed by atoms with van der Waals surface area (Å²) in [4.78, 5) is 26.8. The maximum atomic E-state index is 13.1. The van der Waals surface area contributed by atoms with Gasteiger partial charge in [-0.2, -0.15) is 0 Å². The zero-order valence-electron chi connectivity index (χ0n) is 14.0. The largest absolute Gasteiger partial charge is 0.343 e. The first-order valence-corrected chi connectivity index (χ1v) is 8.93. The Morgan fingerprint density at radius 1 is 1.12 bits per heavy atom. The minimum Gasteiger partial charge on any atom is -0.343 e. The van der Waals surface area contributed by atoms with E-state index in [4.69, 9.17) is 0 Å². The van der Waals surface area contributed by atoms with Gasteiger partial charge in [-0.25, -0.2) is 9.97 Å². The molecule has 0 radical (unpaired) electrons. The van der Waals surface area contributed by atoms with Crippen LogP contribution >= 0.6 is 0 Å². The number of pyridine rings is 1. The van der Waals surface area contributed by atoms with Crippen LogP contribution in [-0.2, 0) is 0 Å². The fourth-order valence-electron chi connectivity index (χ4n) is 4.69. The first kappa shape index (κ1) is 14.6. The molecule has 5 rings (SSSR count). The lowest BCUT2D eigenvalue weighted by molar-refractivity contribution is -0.0514. The van der Waals surface area contributed by atoms with Crippen LogP contribution in [0.25, 0.3) is 11.2 Å². The highest BCUT2D eigenvalue weighted by atomic mass is 16.2. The second kappa shape index (κ2) is 5.41. The number of amides is 1. The van der Waals surface area contributed by atoms with Gasteiger partial charge in [-0.05, 0) is 30.5 Å². The average molecular weight is 332 g/mol. The first-order valence-electron chi connectivity index (χ1n) is 8.93. The van der Waals surface area contributed by atoms with Crippen LogP contribution in [0, 0.1) is 5.41 Å². The summed E-state index contributed by atoms with van der Waals surface area (Å²) < 4.78 is 0. The Morgan fingerprint density at radius 2 is 1.92 bits per heavy atom. The molecular formula is C20H20N4O. The van der Waals surface area contributed by atoms with Gasteiger partial charge in [-0.1, -0.05) is 43.2 Å². The van der Waals surface area contributed by atoms with Crippen molar-refractivity contribution in [2.75, 3.05) is 6.54 Å². The van der Waals surface area contributed by atoms with Crippen LogP contribution in [0.15, 0.2) is 48.8 Å². The van der Waals surface area contributed by atoms with E-state index >= 15 is 0 Å². The van der Waals surface area contributed by atoms with Gasteiger partial charge in [0.15, 0.2) is 5.65 Å². The third-order valence-electron chi connectivity index (χ3n) is 5.85. The van der Waals surface area contributed by atoms with Gasteiger partial charge in [0.25, 0.3) is 5.91 Å². The molecule has 1 saturated heterocycles. The van der Waals surface area contributed by atoms with Crippen molar-refractivity contribution in [3.63, 3.8) is 0 Å². The molecule has 1 amide bonds. The number of carbonyl (C=O) groups is 1. The fourth-order valence-corrected chi connectivity index (χ4v) is 4.69. The van der Waals surface area contributed by atoms with Crippen LogP contribution in [0.2, 0.25) is 0 Å². The van der Waals surface area contributed by atoms with Crippen LogP contribution < -0.4 is 0 Å². The van der Waals surface area contributed by atoms with E-state index in [2.05, 4.69) is 39.2 Å². The number of nitrogens with zero attached hydrogens (tertiary/aromatic N) is 3. The number of H-pyrrole nitrogens is 1. The lowest BCUT2D eigenvalue weighted by Crippen LogP contribution is -2.59. The summed E-state index contributed by atoms with van der Waals surface area (Å²) in [6.45, 7) is 0.839. The number of aromatic amines is 1. The highest BCUT2D eigenvalue weighted by molar-refractivity contribution is 5.95. The van der Waals surface area contributed by atoms with E-state index in [0.29, 0.717) is 11.3 Å². The monoisotopic (exact) mass is 332 g/mol. The molecule has 1 N–H and O–H groups in total. The summed E-state index contributed by atoms with van der Waals surface area (Å²) in [6.07, 6.45) is 6.56. The number of carbonyl (C=O) groups excluding carboxylic acids is 1. The first-order chi connectivity index (χ1) is 12.3. The van der Waals surface area contributed by atoms with Gasteiger partial charge in [0, 0.05) is 12.0 Å². The molecule has 126 valence electrons. The summed E-state index contributed by atoms with van der Waals surface area (Å²) in [6, 6.07) is 14.3. The van der Waals surface area contributed by atoms with E-state index in [1.807, 2.05) is 17.0 Å². The zero-order chi connectivity index (χ0) is 16.9. The molecule has 1 aromatic carbocycles. The molecule has 5 heteroatoms. The SMILES string of the molecule is O=C(c1ccc2[nH]cnc2n1)N1CC2(CCCC2)C1c1ccccc1. The van der Waals surface area contributed by atoms with E-state index in [0.717, 1.165) is 12.1 Å². The maximum Gasteiger partial charge on any atom is 0.273 e. The number of nitrogens with one attached hydrogen (secondary N) is 1. The topological polar surface area (TPSA) is 61.9 Å². The number of likely N-dealkylation sites (tertiary alicyclic amines) is 1. The predicted octanol–water partition coefficient (Wildman–Crippen LogP) is 3.72. The van der Waals surface area contributed by atoms with Crippen molar-refractivity contribution in [3.8, 4) is 0 Å². The summed E-state index contributed by atoms with van der Waals surface area (Å²) >= 11 is 0. The van der Waals surface area contributed by atoms with Gasteiger partial charge in [0.05, 0.1) is 17.9 Å². The van der Waals surface area contributed by atoms with Gasteiger partial charge in [-0.15, -0.1) is 0 Å². The lowest BCUT2D eigenvalue weighted by Gasteiger charge is -2.56. The number of rotatable bonds is 2. The summed E-state index contributed by atoms with van der Waals surface area (Å²) in [7, 11) is 0. The Labute approximate surface area is 146 Å². The molecule has 3 heterocycles. The number of hydrogen-bond acceptors (Lipinski definition) is 3. The Balaban J connectivity index is 1.50. The summed E-state index contributed by atoms with van der Waals surface area (Å²) in [5.41, 5.74) is 3.43. The van der Waals surface area contributed by atoms with Crippen molar-refractivity contribution in [3.05, 3.63) is 60.0 Å². The minimum atomic E-state index is 0.0104. The number of hydrogen-bond donors (Lipinski definition) is 1. The molecule has 2 fully saturated rings. The molecule has 1 atom stereocenters. The number of benzene rings is 1. The molecule has 5 nitrogen and oxygen atoms in total. The zero-order valence-corrected chi connectivity index (χ0v) is 14.0. The predicted molar refractivity (Wildman–Crippen MR) is 95.0 cm³/mol. The summed E-state index contributed by atoms with van der Waals surface area (Å²) in [5, 5.41) is 0. The molecule has 2 aliphatic rings. The molecule has 1 aliphatic heterocycles. The van der Waals surface area contributed by atoms with Crippen molar-refractivity contribution in [1.82, 2.24) is 19.9 Å². The standard InChI is InChI=1S/C20H20N4O/c25-19(16-9-8-15-18(23-16)22-13-21-15)24-12-20(10-4-5-11-20)17(24)14-6-2-1-3-7-14/h1-3,6-9,13,17H,4-5,10-12H2,(H,21,22,23). The highest BCUT2D eigenvalue weighted by Gasteiger charge is 2.56. The normalized spacial score (nSPS) is 21.6. The Morgan fingerprint density at radius 3 is 2.72 bits per heavy atom. The highest BCUT2D eigenvalue weighted by Crippen LogP contribution is 2.58. The molecular weight excluding hydrogens is 312 g/mol. The van der Waals surface area contributed by atoms with Crippen molar-refractivity contribution in [1.29, 1.82) is 0 Å².